The lowest BCUT2D eigenvalue weighted by Crippen LogP contribution is -2.40. The number of benzene rings is 1. The van der Waals surface area contributed by atoms with E-state index in [9.17, 15) is 18.0 Å². The maximum absolute atomic E-state index is 13.1. The first kappa shape index (κ1) is 20.9. The summed E-state index contributed by atoms with van der Waals surface area (Å²) in [6.45, 7) is -0.654. The molecule has 3 aromatic heterocycles. The second-order valence-corrected chi connectivity index (χ2v) is 9.15. The minimum Gasteiger partial charge on any atom is -0.484 e. The average molecular weight is 480 g/mol. The first-order valence-electron chi connectivity index (χ1n) is 9.73. The van der Waals surface area contributed by atoms with Gasteiger partial charge in [-0.25, -0.2) is 15.0 Å². The first-order valence-corrected chi connectivity index (χ1v) is 11.4. The molecule has 0 bridgehead atoms. The molecule has 4 heterocycles. The lowest BCUT2D eigenvalue weighted by molar-refractivity contribution is -0.153. The molecule has 1 aliphatic heterocycles. The van der Waals surface area contributed by atoms with Crippen LogP contribution >= 0.6 is 22.7 Å². The summed E-state index contributed by atoms with van der Waals surface area (Å²) in [4.78, 5) is 29.0. The Morgan fingerprint density at radius 1 is 1.28 bits per heavy atom. The Hall–Kier alpha value is -2.99. The number of anilines is 2. The molecule has 1 atom stereocenters. The molecule has 4 aromatic rings. The fourth-order valence-electron chi connectivity index (χ4n) is 3.70. The number of nitrogens with zero attached hydrogens (tertiary/aromatic N) is 4. The molecule has 7 nitrogen and oxygen atoms in total. The van der Waals surface area contributed by atoms with Gasteiger partial charge in [-0.1, -0.05) is 11.3 Å². The Kier molecular flexibility index (Phi) is 5.33. The number of alkyl halides is 3. The van der Waals surface area contributed by atoms with Crippen molar-refractivity contribution in [3.63, 3.8) is 0 Å². The molecule has 0 spiro atoms. The van der Waals surface area contributed by atoms with Crippen LogP contribution in [0.5, 0.6) is 5.75 Å². The third-order valence-electron chi connectivity index (χ3n) is 5.06. The number of thiazole rings is 1. The van der Waals surface area contributed by atoms with E-state index in [1.807, 2.05) is 16.3 Å². The zero-order valence-electron chi connectivity index (χ0n) is 16.4. The second kappa shape index (κ2) is 8.17. The minimum absolute atomic E-state index is 0.0989. The molecule has 166 valence electrons. The van der Waals surface area contributed by atoms with Crippen LogP contribution in [0.25, 0.3) is 20.4 Å². The van der Waals surface area contributed by atoms with E-state index in [1.54, 1.807) is 6.07 Å². The molecule has 0 saturated carbocycles. The number of ether oxygens (including phenoxy) is 1. The highest BCUT2D eigenvalue weighted by atomic mass is 32.1. The van der Waals surface area contributed by atoms with E-state index in [0.717, 1.165) is 22.5 Å². The topological polar surface area (TPSA) is 80.2 Å². The molecule has 0 radical (unpaired) electrons. The molecule has 12 heteroatoms. The van der Waals surface area contributed by atoms with E-state index in [4.69, 9.17) is 4.74 Å². The Bertz CT molecular complexity index is 1290. The molecule has 1 unspecified atom stereocenters. The number of nitrogens with one attached hydrogen (secondary N) is 1. The van der Waals surface area contributed by atoms with Crippen LogP contribution in [0.1, 0.15) is 12.8 Å². The van der Waals surface area contributed by atoms with Crippen LogP contribution in [0.15, 0.2) is 36.0 Å². The van der Waals surface area contributed by atoms with Crippen molar-refractivity contribution in [2.75, 3.05) is 23.4 Å². The monoisotopic (exact) mass is 479 g/mol. The average Bonchev–Trinajstić information content (AvgIpc) is 3.49. The number of amides is 1. The highest BCUT2D eigenvalue weighted by Gasteiger charge is 2.33. The molecule has 1 aromatic carbocycles. The van der Waals surface area contributed by atoms with Crippen LogP contribution in [-0.2, 0) is 4.79 Å². The van der Waals surface area contributed by atoms with Gasteiger partial charge in [0.25, 0.3) is 0 Å². The molecular formula is C20H16F3N5O2S2. The first-order chi connectivity index (χ1) is 15.4. The summed E-state index contributed by atoms with van der Waals surface area (Å²) in [5.41, 5.74) is 0.573. The number of halogens is 3. The SMILES string of the molecule is O=C(Nc1nc2ccc(OCC(F)(F)F)cc2s1)C1CCCN1c1ncnc2sccc12. The molecule has 1 saturated heterocycles. The Morgan fingerprint density at radius 3 is 3.00 bits per heavy atom. The normalized spacial score (nSPS) is 16.7. The van der Waals surface area contributed by atoms with Crippen LogP contribution in [0.2, 0.25) is 0 Å². The van der Waals surface area contributed by atoms with Crippen molar-refractivity contribution >= 4 is 60.0 Å². The molecule has 32 heavy (non-hydrogen) atoms. The third-order valence-corrected chi connectivity index (χ3v) is 6.82. The van der Waals surface area contributed by atoms with Crippen molar-refractivity contribution < 1.29 is 22.7 Å². The van der Waals surface area contributed by atoms with Crippen molar-refractivity contribution in [3.8, 4) is 5.75 Å². The molecule has 0 aliphatic carbocycles. The van der Waals surface area contributed by atoms with Gasteiger partial charge in [0.15, 0.2) is 11.7 Å². The molecular weight excluding hydrogens is 463 g/mol. The van der Waals surface area contributed by atoms with Gasteiger partial charge in [-0.2, -0.15) is 13.2 Å². The van der Waals surface area contributed by atoms with Crippen molar-refractivity contribution in [2.45, 2.75) is 25.1 Å². The lowest BCUT2D eigenvalue weighted by Gasteiger charge is -2.24. The number of carbonyl (C=O) groups is 1. The smallest absolute Gasteiger partial charge is 0.422 e. The van der Waals surface area contributed by atoms with E-state index in [1.165, 1.54) is 41.1 Å². The van der Waals surface area contributed by atoms with Crippen LogP contribution in [0.3, 0.4) is 0 Å². The highest BCUT2D eigenvalue weighted by Crippen LogP contribution is 2.33. The molecule has 1 aliphatic rings. The van der Waals surface area contributed by atoms with E-state index in [2.05, 4.69) is 20.3 Å². The van der Waals surface area contributed by atoms with Crippen molar-refractivity contribution in [3.05, 3.63) is 36.0 Å². The fraction of sp³-hybridized carbons (Fsp3) is 0.300. The van der Waals surface area contributed by atoms with Crippen molar-refractivity contribution in [1.29, 1.82) is 0 Å². The van der Waals surface area contributed by atoms with Gasteiger partial charge in [0.05, 0.1) is 15.6 Å². The molecule has 1 fully saturated rings. The van der Waals surface area contributed by atoms with Gasteiger partial charge in [0.2, 0.25) is 5.91 Å². The van der Waals surface area contributed by atoms with Gasteiger partial charge >= 0.3 is 6.18 Å². The summed E-state index contributed by atoms with van der Waals surface area (Å²) < 4.78 is 42.6. The summed E-state index contributed by atoms with van der Waals surface area (Å²) in [6.07, 6.45) is -1.37. The predicted molar refractivity (Wildman–Crippen MR) is 118 cm³/mol. The fourth-order valence-corrected chi connectivity index (χ4v) is 5.33. The van der Waals surface area contributed by atoms with Gasteiger partial charge in [-0.15, -0.1) is 11.3 Å². The van der Waals surface area contributed by atoms with E-state index >= 15 is 0 Å². The van der Waals surface area contributed by atoms with Gasteiger partial charge < -0.3 is 15.0 Å². The number of hydrogen-bond acceptors (Lipinski definition) is 8. The minimum atomic E-state index is -4.41. The number of rotatable bonds is 5. The standard InChI is InChI=1S/C20H16F3N5O2S2/c21-20(22,23)9-30-11-3-4-13-15(8-11)32-19(26-13)27-17(29)14-2-1-6-28(14)16-12-5-7-31-18(12)25-10-24-16/h3-5,7-8,10,14H,1-2,6,9H2,(H,26,27,29). The Labute approximate surface area is 187 Å². The highest BCUT2D eigenvalue weighted by molar-refractivity contribution is 7.22. The zero-order chi connectivity index (χ0) is 22.3. The number of fused-ring (bicyclic) bond motifs is 2. The molecule has 1 amide bonds. The van der Waals surface area contributed by atoms with Gasteiger partial charge in [-0.3, -0.25) is 4.79 Å². The summed E-state index contributed by atoms with van der Waals surface area (Å²) in [5, 5.41) is 6.10. The summed E-state index contributed by atoms with van der Waals surface area (Å²) >= 11 is 2.71. The summed E-state index contributed by atoms with van der Waals surface area (Å²) in [6, 6.07) is 6.05. The summed E-state index contributed by atoms with van der Waals surface area (Å²) in [5.74, 6) is 0.642. The maximum atomic E-state index is 13.1. The molecule has 5 rings (SSSR count). The third kappa shape index (κ3) is 4.19. The Balaban J connectivity index is 1.33. The van der Waals surface area contributed by atoms with Gasteiger partial charge in [0, 0.05) is 6.54 Å². The largest absolute Gasteiger partial charge is 0.484 e. The number of thiophene rings is 1. The molecule has 1 N–H and O–H groups in total. The number of hydrogen-bond donors (Lipinski definition) is 1. The van der Waals surface area contributed by atoms with E-state index in [-0.39, 0.29) is 11.7 Å². The zero-order valence-corrected chi connectivity index (χ0v) is 18.1. The summed E-state index contributed by atoms with van der Waals surface area (Å²) in [7, 11) is 0. The number of aromatic nitrogens is 3. The predicted octanol–water partition coefficient (Wildman–Crippen LogP) is 4.85. The van der Waals surface area contributed by atoms with Crippen LogP contribution in [0.4, 0.5) is 24.1 Å². The second-order valence-electron chi connectivity index (χ2n) is 7.23. The van der Waals surface area contributed by atoms with Crippen molar-refractivity contribution in [1.82, 2.24) is 15.0 Å². The van der Waals surface area contributed by atoms with Crippen molar-refractivity contribution in [2.24, 2.45) is 0 Å². The maximum Gasteiger partial charge on any atom is 0.422 e. The van der Waals surface area contributed by atoms with Gasteiger partial charge in [-0.05, 0) is 42.5 Å². The van der Waals surface area contributed by atoms with Crippen LogP contribution in [0, 0.1) is 0 Å². The van der Waals surface area contributed by atoms with Crippen LogP contribution < -0.4 is 15.0 Å². The quantitative estimate of drug-likeness (QED) is 0.441. The van der Waals surface area contributed by atoms with Crippen LogP contribution in [-0.4, -0.2) is 46.2 Å². The van der Waals surface area contributed by atoms with E-state index < -0.39 is 18.8 Å². The number of carbonyl (C=O) groups excluding carboxylic acids is 1. The van der Waals surface area contributed by atoms with E-state index in [0.29, 0.717) is 28.3 Å². The Morgan fingerprint density at radius 2 is 2.16 bits per heavy atom. The lowest BCUT2D eigenvalue weighted by atomic mass is 10.2. The van der Waals surface area contributed by atoms with Gasteiger partial charge in [0.1, 0.15) is 28.8 Å².